The van der Waals surface area contributed by atoms with Gasteiger partial charge in [-0.05, 0) is 55.7 Å². The van der Waals surface area contributed by atoms with Crippen LogP contribution in [0.2, 0.25) is 0 Å². The van der Waals surface area contributed by atoms with Crippen molar-refractivity contribution in [3.05, 3.63) is 24.3 Å². The van der Waals surface area contributed by atoms with Crippen molar-refractivity contribution >= 4 is 34.6 Å². The van der Waals surface area contributed by atoms with Crippen molar-refractivity contribution < 1.29 is 4.79 Å². The van der Waals surface area contributed by atoms with E-state index in [1.165, 1.54) is 26.2 Å². The number of benzene rings is 1. The van der Waals surface area contributed by atoms with E-state index in [2.05, 4.69) is 15.5 Å². The molecule has 19 heavy (non-hydrogen) atoms. The van der Waals surface area contributed by atoms with Gasteiger partial charge in [0.25, 0.3) is 0 Å². The summed E-state index contributed by atoms with van der Waals surface area (Å²) in [6.45, 7) is 3.57. The van der Waals surface area contributed by atoms with Crippen molar-refractivity contribution in [1.29, 1.82) is 0 Å². The fraction of sp³-hybridized carbons (Fsp3) is 0.429. The first kappa shape index (κ1) is 13.8. The Balaban J connectivity index is 1.91. The number of nitrogens with zero attached hydrogens (tertiary/aromatic N) is 1. The highest BCUT2D eigenvalue weighted by molar-refractivity contribution is 7.80. The molecule has 0 unspecified atom stereocenters. The van der Waals surface area contributed by atoms with Crippen LogP contribution in [0.15, 0.2) is 24.3 Å². The minimum atomic E-state index is -0.0652. The first-order valence-corrected chi connectivity index (χ1v) is 6.99. The quantitative estimate of drug-likeness (QED) is 0.816. The van der Waals surface area contributed by atoms with E-state index in [1.807, 2.05) is 24.3 Å². The van der Waals surface area contributed by atoms with Crippen LogP contribution in [-0.2, 0) is 4.79 Å². The van der Waals surface area contributed by atoms with Gasteiger partial charge < -0.3 is 15.5 Å². The topological polar surface area (TPSA) is 44.4 Å². The van der Waals surface area contributed by atoms with Crippen LogP contribution in [0.4, 0.5) is 11.4 Å². The van der Waals surface area contributed by atoms with Gasteiger partial charge in [-0.15, -0.1) is 0 Å². The zero-order valence-corrected chi connectivity index (χ0v) is 11.9. The van der Waals surface area contributed by atoms with Gasteiger partial charge in [0.2, 0.25) is 5.91 Å². The molecule has 1 aliphatic heterocycles. The normalized spacial score (nSPS) is 14.9. The Kier molecular flexibility index (Phi) is 4.74. The number of rotatable bonds is 2. The molecule has 4 nitrogen and oxygen atoms in total. The maximum absolute atomic E-state index is 10.9. The maximum atomic E-state index is 10.9. The molecule has 1 aromatic carbocycles. The highest BCUT2D eigenvalue weighted by atomic mass is 32.1. The monoisotopic (exact) mass is 277 g/mol. The van der Waals surface area contributed by atoms with E-state index in [9.17, 15) is 4.79 Å². The molecule has 0 atom stereocenters. The third kappa shape index (κ3) is 4.21. The van der Waals surface area contributed by atoms with Gasteiger partial charge in [-0.1, -0.05) is 0 Å². The molecule has 1 saturated heterocycles. The standard InChI is InChI=1S/C14H19N3OS/c1-11(18)15-12-5-7-13(8-6-12)16-14(19)17-9-3-2-4-10-17/h5-8H,2-4,9-10H2,1H3,(H,15,18)(H,16,19). The Bertz CT molecular complexity index is 452. The molecule has 1 amide bonds. The predicted octanol–water partition coefficient (Wildman–Crippen LogP) is 2.83. The number of piperidine rings is 1. The number of anilines is 2. The molecule has 1 fully saturated rings. The Morgan fingerprint density at radius 1 is 1.05 bits per heavy atom. The Morgan fingerprint density at radius 2 is 1.58 bits per heavy atom. The van der Waals surface area contributed by atoms with Gasteiger partial charge >= 0.3 is 0 Å². The summed E-state index contributed by atoms with van der Waals surface area (Å²) in [4.78, 5) is 13.1. The van der Waals surface area contributed by atoms with Crippen LogP contribution >= 0.6 is 12.2 Å². The number of nitrogens with one attached hydrogen (secondary N) is 2. The lowest BCUT2D eigenvalue weighted by atomic mass is 10.1. The minimum absolute atomic E-state index is 0.0652. The third-order valence-electron chi connectivity index (χ3n) is 3.10. The summed E-state index contributed by atoms with van der Waals surface area (Å²) in [5.74, 6) is -0.0652. The fourth-order valence-corrected chi connectivity index (χ4v) is 2.44. The minimum Gasteiger partial charge on any atom is -0.349 e. The first-order valence-electron chi connectivity index (χ1n) is 6.59. The molecule has 0 aromatic heterocycles. The Hall–Kier alpha value is -1.62. The molecule has 102 valence electrons. The molecule has 0 saturated carbocycles. The summed E-state index contributed by atoms with van der Waals surface area (Å²) in [6.07, 6.45) is 3.72. The lowest BCUT2D eigenvalue weighted by Crippen LogP contribution is -2.38. The summed E-state index contributed by atoms with van der Waals surface area (Å²) >= 11 is 5.40. The molecule has 0 bridgehead atoms. The van der Waals surface area contributed by atoms with E-state index >= 15 is 0 Å². The van der Waals surface area contributed by atoms with E-state index in [0.29, 0.717) is 0 Å². The Morgan fingerprint density at radius 3 is 2.11 bits per heavy atom. The van der Waals surface area contributed by atoms with Crippen molar-refractivity contribution in [2.45, 2.75) is 26.2 Å². The van der Waals surface area contributed by atoms with Crippen molar-refractivity contribution in [3.63, 3.8) is 0 Å². The lowest BCUT2D eigenvalue weighted by Gasteiger charge is -2.29. The zero-order valence-electron chi connectivity index (χ0n) is 11.1. The second-order valence-corrected chi connectivity index (χ2v) is 5.12. The summed E-state index contributed by atoms with van der Waals surface area (Å²) in [5, 5.41) is 6.76. The molecule has 1 heterocycles. The molecule has 0 aliphatic carbocycles. The molecular formula is C14H19N3OS. The molecule has 0 radical (unpaired) electrons. The van der Waals surface area contributed by atoms with Gasteiger partial charge in [-0.2, -0.15) is 0 Å². The van der Waals surface area contributed by atoms with Crippen molar-refractivity contribution in [1.82, 2.24) is 4.90 Å². The van der Waals surface area contributed by atoms with Crippen LogP contribution in [0.3, 0.4) is 0 Å². The highest BCUT2D eigenvalue weighted by Gasteiger charge is 2.13. The highest BCUT2D eigenvalue weighted by Crippen LogP contribution is 2.15. The lowest BCUT2D eigenvalue weighted by molar-refractivity contribution is -0.114. The van der Waals surface area contributed by atoms with E-state index in [4.69, 9.17) is 12.2 Å². The average molecular weight is 277 g/mol. The van der Waals surface area contributed by atoms with Gasteiger partial charge in [0.1, 0.15) is 0 Å². The molecule has 0 spiro atoms. The molecule has 5 heteroatoms. The fourth-order valence-electron chi connectivity index (χ4n) is 2.14. The van der Waals surface area contributed by atoms with Crippen LogP contribution in [-0.4, -0.2) is 29.0 Å². The molecular weight excluding hydrogens is 258 g/mol. The summed E-state index contributed by atoms with van der Waals surface area (Å²) in [7, 11) is 0. The number of amides is 1. The van der Waals surface area contributed by atoms with Gasteiger partial charge in [0.15, 0.2) is 5.11 Å². The predicted molar refractivity (Wildman–Crippen MR) is 82.4 cm³/mol. The van der Waals surface area contributed by atoms with Crippen molar-refractivity contribution in [2.24, 2.45) is 0 Å². The van der Waals surface area contributed by atoms with Crippen LogP contribution < -0.4 is 10.6 Å². The number of carbonyl (C=O) groups excluding carboxylic acids is 1. The van der Waals surface area contributed by atoms with E-state index < -0.39 is 0 Å². The summed E-state index contributed by atoms with van der Waals surface area (Å²) < 4.78 is 0. The van der Waals surface area contributed by atoms with Crippen LogP contribution in [0.5, 0.6) is 0 Å². The Labute approximate surface area is 119 Å². The largest absolute Gasteiger partial charge is 0.349 e. The van der Waals surface area contributed by atoms with Gasteiger partial charge in [-0.3, -0.25) is 4.79 Å². The van der Waals surface area contributed by atoms with E-state index in [0.717, 1.165) is 29.6 Å². The second kappa shape index (κ2) is 6.52. The van der Waals surface area contributed by atoms with Gasteiger partial charge in [-0.25, -0.2) is 0 Å². The average Bonchev–Trinajstić information content (AvgIpc) is 2.41. The SMILES string of the molecule is CC(=O)Nc1ccc(NC(=S)N2CCCCC2)cc1. The molecule has 1 aromatic rings. The number of hydrogen-bond acceptors (Lipinski definition) is 2. The van der Waals surface area contributed by atoms with E-state index in [1.54, 1.807) is 0 Å². The molecule has 1 aliphatic rings. The van der Waals surface area contributed by atoms with Crippen LogP contribution in [0.1, 0.15) is 26.2 Å². The number of carbonyl (C=O) groups is 1. The van der Waals surface area contributed by atoms with Crippen LogP contribution in [0, 0.1) is 0 Å². The zero-order chi connectivity index (χ0) is 13.7. The number of likely N-dealkylation sites (tertiary alicyclic amines) is 1. The maximum Gasteiger partial charge on any atom is 0.221 e. The third-order valence-corrected chi connectivity index (χ3v) is 3.46. The molecule has 2 N–H and O–H groups in total. The number of hydrogen-bond donors (Lipinski definition) is 2. The van der Waals surface area contributed by atoms with Crippen molar-refractivity contribution in [2.75, 3.05) is 23.7 Å². The summed E-state index contributed by atoms with van der Waals surface area (Å²) in [5.41, 5.74) is 1.74. The number of thiocarbonyl (C=S) groups is 1. The van der Waals surface area contributed by atoms with Crippen molar-refractivity contribution in [3.8, 4) is 0 Å². The van der Waals surface area contributed by atoms with E-state index in [-0.39, 0.29) is 5.91 Å². The smallest absolute Gasteiger partial charge is 0.221 e. The van der Waals surface area contributed by atoms with Gasteiger partial charge in [0, 0.05) is 31.4 Å². The first-order chi connectivity index (χ1) is 9.15. The molecule has 2 rings (SSSR count). The summed E-state index contributed by atoms with van der Waals surface area (Å²) in [6, 6.07) is 7.56. The van der Waals surface area contributed by atoms with Crippen LogP contribution in [0.25, 0.3) is 0 Å². The van der Waals surface area contributed by atoms with Gasteiger partial charge in [0.05, 0.1) is 0 Å². The second-order valence-electron chi connectivity index (χ2n) is 4.74.